The number of carbonyl (C=O) groups is 1. The minimum absolute atomic E-state index is 0.00320. The third-order valence-electron chi connectivity index (χ3n) is 5.89. The number of fused-ring (bicyclic) bond motifs is 2. The Bertz CT molecular complexity index is 1430. The van der Waals surface area contributed by atoms with E-state index < -0.39 is 0 Å². The van der Waals surface area contributed by atoms with Crippen LogP contribution in [-0.2, 0) is 11.2 Å². The molecular formula is C26H21Cl2N3O2S. The average molecular weight is 510 g/mol. The van der Waals surface area contributed by atoms with Crippen molar-refractivity contribution >= 4 is 51.8 Å². The zero-order valence-electron chi connectivity index (χ0n) is 18.1. The number of para-hydroxylation sites is 1. The van der Waals surface area contributed by atoms with Crippen molar-refractivity contribution in [3.8, 4) is 5.69 Å². The first-order valence-electron chi connectivity index (χ1n) is 11.0. The summed E-state index contributed by atoms with van der Waals surface area (Å²) in [7, 11) is 0. The molecule has 8 heteroatoms. The minimum atomic E-state index is -0.243. The van der Waals surface area contributed by atoms with Gasteiger partial charge in [0.05, 0.1) is 28.4 Å². The molecule has 172 valence electrons. The van der Waals surface area contributed by atoms with E-state index in [1.165, 1.54) is 27.5 Å². The molecule has 1 unspecified atom stereocenters. The Morgan fingerprint density at radius 3 is 2.62 bits per heavy atom. The van der Waals surface area contributed by atoms with E-state index in [1.54, 1.807) is 36.4 Å². The molecule has 0 saturated heterocycles. The number of benzene rings is 3. The number of amides is 1. The Kier molecular flexibility index (Phi) is 6.63. The largest absolute Gasteiger partial charge is 0.349 e. The predicted molar refractivity (Wildman–Crippen MR) is 138 cm³/mol. The topological polar surface area (TPSA) is 64.0 Å². The molecule has 5 rings (SSSR count). The van der Waals surface area contributed by atoms with Gasteiger partial charge in [-0.25, -0.2) is 4.98 Å². The van der Waals surface area contributed by atoms with Gasteiger partial charge in [-0.1, -0.05) is 71.4 Å². The van der Waals surface area contributed by atoms with E-state index in [0.29, 0.717) is 31.8 Å². The number of aryl methyl sites for hydroxylation is 1. The second-order valence-corrected chi connectivity index (χ2v) is 9.99. The fourth-order valence-corrected chi connectivity index (χ4v) is 5.71. The molecule has 1 aliphatic rings. The summed E-state index contributed by atoms with van der Waals surface area (Å²) in [6.45, 7) is 0. The third-order valence-corrected chi connectivity index (χ3v) is 7.26. The number of halogens is 2. The minimum Gasteiger partial charge on any atom is -0.349 e. The molecule has 1 atom stereocenters. The van der Waals surface area contributed by atoms with Crippen LogP contribution in [0.2, 0.25) is 10.0 Å². The molecule has 0 saturated carbocycles. The molecule has 0 bridgehead atoms. The third kappa shape index (κ3) is 4.71. The number of nitrogens with zero attached hydrogens (tertiary/aromatic N) is 2. The van der Waals surface area contributed by atoms with Crippen LogP contribution in [0.25, 0.3) is 16.6 Å². The number of hydrogen-bond acceptors (Lipinski definition) is 4. The maximum Gasteiger partial charge on any atom is 0.266 e. The molecule has 1 N–H and O–H groups in total. The lowest BCUT2D eigenvalue weighted by Gasteiger charge is -2.26. The molecule has 5 nitrogen and oxygen atoms in total. The lowest BCUT2D eigenvalue weighted by atomic mass is 9.88. The molecule has 1 heterocycles. The first-order chi connectivity index (χ1) is 16.5. The van der Waals surface area contributed by atoms with Crippen LogP contribution < -0.4 is 10.9 Å². The van der Waals surface area contributed by atoms with Crippen molar-refractivity contribution in [2.45, 2.75) is 30.5 Å². The van der Waals surface area contributed by atoms with Crippen LogP contribution in [0.4, 0.5) is 0 Å². The molecule has 4 aromatic rings. The molecule has 1 aliphatic carbocycles. The molecule has 0 spiro atoms. The zero-order chi connectivity index (χ0) is 23.7. The van der Waals surface area contributed by atoms with E-state index in [0.717, 1.165) is 19.3 Å². The fourth-order valence-electron chi connectivity index (χ4n) is 4.38. The van der Waals surface area contributed by atoms with Crippen molar-refractivity contribution in [1.29, 1.82) is 0 Å². The highest BCUT2D eigenvalue weighted by Gasteiger charge is 2.22. The van der Waals surface area contributed by atoms with Crippen LogP contribution in [0.3, 0.4) is 0 Å². The highest BCUT2D eigenvalue weighted by Crippen LogP contribution is 2.30. The van der Waals surface area contributed by atoms with Gasteiger partial charge in [-0.05, 0) is 60.7 Å². The van der Waals surface area contributed by atoms with E-state index >= 15 is 0 Å². The van der Waals surface area contributed by atoms with Crippen molar-refractivity contribution in [3.63, 3.8) is 0 Å². The van der Waals surface area contributed by atoms with E-state index in [9.17, 15) is 9.59 Å². The van der Waals surface area contributed by atoms with Gasteiger partial charge in [-0.3, -0.25) is 14.2 Å². The first-order valence-corrected chi connectivity index (χ1v) is 12.7. The molecule has 3 aromatic carbocycles. The van der Waals surface area contributed by atoms with Gasteiger partial charge in [-0.15, -0.1) is 0 Å². The summed E-state index contributed by atoms with van der Waals surface area (Å²) in [5, 5.41) is 4.86. The van der Waals surface area contributed by atoms with Gasteiger partial charge in [0.1, 0.15) is 0 Å². The summed E-state index contributed by atoms with van der Waals surface area (Å²) in [6.07, 6.45) is 2.98. The molecule has 0 fully saturated rings. The summed E-state index contributed by atoms with van der Waals surface area (Å²) >= 11 is 13.6. The van der Waals surface area contributed by atoms with E-state index in [4.69, 9.17) is 23.2 Å². The van der Waals surface area contributed by atoms with Gasteiger partial charge in [0.2, 0.25) is 5.91 Å². The normalized spacial score (nSPS) is 15.2. The number of rotatable bonds is 5. The van der Waals surface area contributed by atoms with E-state index in [2.05, 4.69) is 22.4 Å². The number of thioether (sulfide) groups is 1. The Labute approximate surface area is 211 Å². The van der Waals surface area contributed by atoms with Crippen LogP contribution in [0, 0.1) is 0 Å². The summed E-state index contributed by atoms with van der Waals surface area (Å²) < 4.78 is 1.47. The van der Waals surface area contributed by atoms with Crippen molar-refractivity contribution in [1.82, 2.24) is 14.9 Å². The average Bonchev–Trinajstić information content (AvgIpc) is 2.82. The zero-order valence-corrected chi connectivity index (χ0v) is 20.5. The number of hydrogen-bond donors (Lipinski definition) is 1. The molecule has 0 aliphatic heterocycles. The van der Waals surface area contributed by atoms with E-state index in [-0.39, 0.29) is 23.3 Å². The lowest BCUT2D eigenvalue weighted by molar-refractivity contribution is -0.119. The van der Waals surface area contributed by atoms with Gasteiger partial charge in [0, 0.05) is 10.0 Å². The standard InChI is InChI=1S/C26H21Cl2N3O2S/c27-17-12-18(28)14-19(13-17)31-25(33)21-9-3-4-10-23(21)30-26(31)34-15-24(32)29-22-11-5-7-16-6-1-2-8-20(16)22/h1-4,6,8-10,12-14,22H,5,7,11,15H2,(H,29,32). The van der Waals surface area contributed by atoms with E-state index in [1.807, 2.05) is 18.2 Å². The quantitative estimate of drug-likeness (QED) is 0.265. The Balaban J connectivity index is 1.44. The van der Waals surface area contributed by atoms with Gasteiger partial charge in [-0.2, -0.15) is 0 Å². The number of aromatic nitrogens is 2. The van der Waals surface area contributed by atoms with Gasteiger partial charge >= 0.3 is 0 Å². The van der Waals surface area contributed by atoms with Gasteiger partial charge < -0.3 is 5.32 Å². The first kappa shape index (κ1) is 23.0. The summed E-state index contributed by atoms with van der Waals surface area (Å²) in [4.78, 5) is 31.0. The predicted octanol–water partition coefficient (Wildman–Crippen LogP) is 5.98. The van der Waals surface area contributed by atoms with Crippen LogP contribution >= 0.6 is 35.0 Å². The SMILES string of the molecule is O=C(CSc1nc2ccccc2c(=O)n1-c1cc(Cl)cc(Cl)c1)NC1CCCc2ccccc21. The number of carbonyl (C=O) groups excluding carboxylic acids is 1. The Morgan fingerprint density at radius 1 is 1.06 bits per heavy atom. The molecule has 34 heavy (non-hydrogen) atoms. The van der Waals surface area contributed by atoms with Gasteiger partial charge in [0.25, 0.3) is 5.56 Å². The Morgan fingerprint density at radius 2 is 1.79 bits per heavy atom. The summed E-state index contributed by atoms with van der Waals surface area (Å²) in [5.74, 6) is 0.0161. The van der Waals surface area contributed by atoms with Crippen molar-refractivity contribution in [3.05, 3.63) is 98.3 Å². The summed E-state index contributed by atoms with van der Waals surface area (Å²) in [6, 6.07) is 20.3. The highest BCUT2D eigenvalue weighted by molar-refractivity contribution is 7.99. The van der Waals surface area contributed by atoms with Crippen LogP contribution in [-0.4, -0.2) is 21.2 Å². The highest BCUT2D eigenvalue weighted by atomic mass is 35.5. The van der Waals surface area contributed by atoms with Crippen LogP contribution in [0.1, 0.15) is 30.0 Å². The number of nitrogens with one attached hydrogen (secondary N) is 1. The fraction of sp³-hybridized carbons (Fsp3) is 0.192. The lowest BCUT2D eigenvalue weighted by Crippen LogP contribution is -2.32. The monoisotopic (exact) mass is 509 g/mol. The molecule has 0 radical (unpaired) electrons. The second-order valence-electron chi connectivity index (χ2n) is 8.18. The van der Waals surface area contributed by atoms with Crippen LogP contribution in [0.15, 0.2) is 76.7 Å². The second kappa shape index (κ2) is 9.82. The molecular weight excluding hydrogens is 489 g/mol. The van der Waals surface area contributed by atoms with Crippen molar-refractivity contribution in [2.24, 2.45) is 0 Å². The Hall–Kier alpha value is -2.80. The smallest absolute Gasteiger partial charge is 0.266 e. The summed E-state index contributed by atoms with van der Waals surface area (Å²) in [5.41, 5.74) is 3.30. The van der Waals surface area contributed by atoms with Crippen molar-refractivity contribution in [2.75, 3.05) is 5.75 Å². The van der Waals surface area contributed by atoms with Gasteiger partial charge in [0.15, 0.2) is 5.16 Å². The molecule has 1 aromatic heterocycles. The maximum atomic E-state index is 13.4. The molecule has 1 amide bonds. The maximum absolute atomic E-state index is 13.4. The van der Waals surface area contributed by atoms with Crippen LogP contribution in [0.5, 0.6) is 0 Å². The van der Waals surface area contributed by atoms with Crippen molar-refractivity contribution < 1.29 is 4.79 Å².